The van der Waals surface area contributed by atoms with Crippen molar-refractivity contribution in [3.05, 3.63) is 40.9 Å². The van der Waals surface area contributed by atoms with Crippen LogP contribution in [0.25, 0.3) is 0 Å². The number of Topliss-reactive ketones (excluding diaryl/α,β-unsaturated/α-hetero) is 1. The third kappa shape index (κ3) is 5.01. The Hall–Kier alpha value is -3.07. The third-order valence-corrected chi connectivity index (χ3v) is 5.02. The largest absolute Gasteiger partial charge is 0.455 e. The van der Waals surface area contributed by atoms with Crippen LogP contribution in [0.3, 0.4) is 0 Å². The number of nitrogens with zero attached hydrogens (tertiary/aromatic N) is 2. The number of nitrogens with one attached hydrogen (secondary N) is 1. The number of hydrogen-bond acceptors (Lipinski definition) is 7. The summed E-state index contributed by atoms with van der Waals surface area (Å²) >= 11 is 1.30. The van der Waals surface area contributed by atoms with Gasteiger partial charge in [0, 0.05) is 29.6 Å². The Morgan fingerprint density at radius 2 is 2.00 bits per heavy atom. The molecule has 0 spiro atoms. The van der Waals surface area contributed by atoms with E-state index in [1.165, 1.54) is 18.3 Å². The van der Waals surface area contributed by atoms with Crippen LogP contribution >= 0.6 is 11.3 Å². The summed E-state index contributed by atoms with van der Waals surface area (Å²) in [5.74, 6) is -1.08. The van der Waals surface area contributed by atoms with Crippen molar-refractivity contribution in [3.8, 4) is 0 Å². The van der Waals surface area contributed by atoms with Crippen molar-refractivity contribution in [2.24, 2.45) is 0 Å². The van der Waals surface area contributed by atoms with Crippen LogP contribution in [0, 0.1) is 0 Å². The van der Waals surface area contributed by atoms with Crippen molar-refractivity contribution in [1.29, 1.82) is 0 Å². The molecule has 0 saturated carbocycles. The van der Waals surface area contributed by atoms with Crippen molar-refractivity contribution in [2.75, 3.05) is 23.4 Å². The highest BCUT2D eigenvalue weighted by atomic mass is 32.1. The predicted molar refractivity (Wildman–Crippen MR) is 103 cm³/mol. The zero-order valence-electron chi connectivity index (χ0n) is 15.3. The van der Waals surface area contributed by atoms with E-state index >= 15 is 0 Å². The molecule has 1 aromatic carbocycles. The number of anilines is 2. The molecule has 0 unspecified atom stereocenters. The molecule has 3 rings (SSSR count). The summed E-state index contributed by atoms with van der Waals surface area (Å²) in [5.41, 5.74) is 1.55. The lowest BCUT2D eigenvalue weighted by molar-refractivity contribution is -0.146. The molecule has 28 heavy (non-hydrogen) atoms. The number of amides is 2. The zero-order valence-corrected chi connectivity index (χ0v) is 16.1. The minimum absolute atomic E-state index is 0.0384. The summed E-state index contributed by atoms with van der Waals surface area (Å²) < 4.78 is 4.98. The first-order chi connectivity index (χ1) is 13.4. The highest BCUT2D eigenvalue weighted by Crippen LogP contribution is 2.25. The van der Waals surface area contributed by atoms with E-state index in [4.69, 9.17) is 4.74 Å². The fraction of sp³-hybridized carbons (Fsp3) is 0.316. The van der Waals surface area contributed by atoms with Gasteiger partial charge in [-0.25, -0.2) is 4.98 Å². The molecule has 1 N–H and O–H groups in total. The van der Waals surface area contributed by atoms with Gasteiger partial charge >= 0.3 is 5.97 Å². The second kappa shape index (κ2) is 8.75. The molecule has 1 saturated heterocycles. The van der Waals surface area contributed by atoms with Crippen molar-refractivity contribution in [2.45, 2.75) is 26.2 Å². The smallest absolute Gasteiger partial charge is 0.312 e. The van der Waals surface area contributed by atoms with Crippen LogP contribution in [-0.2, 0) is 25.5 Å². The fourth-order valence-corrected chi connectivity index (χ4v) is 3.55. The molecule has 2 aromatic rings. The lowest BCUT2D eigenvalue weighted by Crippen LogP contribution is -2.23. The number of esters is 1. The van der Waals surface area contributed by atoms with Gasteiger partial charge in [0.1, 0.15) is 0 Å². The van der Waals surface area contributed by atoms with Gasteiger partial charge in [-0.15, -0.1) is 11.3 Å². The van der Waals surface area contributed by atoms with Gasteiger partial charge in [-0.3, -0.25) is 24.1 Å². The Morgan fingerprint density at radius 3 is 2.64 bits per heavy atom. The lowest BCUT2D eigenvalue weighted by Gasteiger charge is -2.10. The maximum atomic E-state index is 11.9. The van der Waals surface area contributed by atoms with Crippen molar-refractivity contribution in [3.63, 3.8) is 0 Å². The molecule has 2 heterocycles. The standard InChI is InChI=1S/C19H19N3O5S/c1-12(23)13-4-6-14(7-5-13)20-16(24)10-27-18(26)9-15-11-28-19(21-15)22-8-2-3-17(22)25/h4-7,11H,2-3,8-10H2,1H3,(H,20,24). The monoisotopic (exact) mass is 401 g/mol. The number of benzene rings is 1. The van der Waals surface area contributed by atoms with Crippen LogP contribution in [-0.4, -0.2) is 41.7 Å². The summed E-state index contributed by atoms with van der Waals surface area (Å²) in [7, 11) is 0. The first-order valence-electron chi connectivity index (χ1n) is 8.73. The van der Waals surface area contributed by atoms with E-state index in [1.54, 1.807) is 34.5 Å². The first kappa shape index (κ1) is 19.7. The van der Waals surface area contributed by atoms with Crippen LogP contribution in [0.1, 0.15) is 35.8 Å². The molecule has 8 nitrogen and oxygen atoms in total. The highest BCUT2D eigenvalue weighted by Gasteiger charge is 2.24. The number of carbonyl (C=O) groups is 4. The number of aromatic nitrogens is 1. The van der Waals surface area contributed by atoms with Crippen LogP contribution in [0.2, 0.25) is 0 Å². The number of ether oxygens (including phenoxy) is 1. The topological polar surface area (TPSA) is 106 Å². The van der Waals surface area contributed by atoms with Crippen molar-refractivity contribution >= 4 is 45.7 Å². The minimum Gasteiger partial charge on any atom is -0.455 e. The fourth-order valence-electron chi connectivity index (χ4n) is 2.68. The Bertz CT molecular complexity index is 907. The molecule has 0 atom stereocenters. The van der Waals surface area contributed by atoms with E-state index < -0.39 is 18.5 Å². The zero-order chi connectivity index (χ0) is 20.1. The summed E-state index contributed by atoms with van der Waals surface area (Å²) in [6.45, 7) is 1.68. The molecule has 1 aliphatic rings. The number of hydrogen-bond donors (Lipinski definition) is 1. The van der Waals surface area contributed by atoms with Crippen LogP contribution in [0.15, 0.2) is 29.6 Å². The van der Waals surface area contributed by atoms with E-state index in [0.717, 1.165) is 6.42 Å². The van der Waals surface area contributed by atoms with E-state index in [-0.39, 0.29) is 18.1 Å². The van der Waals surface area contributed by atoms with Gasteiger partial charge < -0.3 is 10.1 Å². The van der Waals surface area contributed by atoms with Gasteiger partial charge in [-0.2, -0.15) is 0 Å². The van der Waals surface area contributed by atoms with Gasteiger partial charge in [0.15, 0.2) is 17.5 Å². The molecule has 1 aliphatic heterocycles. The average molecular weight is 401 g/mol. The van der Waals surface area contributed by atoms with Gasteiger partial charge in [-0.05, 0) is 37.6 Å². The Balaban J connectivity index is 1.45. The molecule has 0 bridgehead atoms. The SMILES string of the molecule is CC(=O)c1ccc(NC(=O)COC(=O)Cc2csc(N3CCCC3=O)n2)cc1. The van der Waals surface area contributed by atoms with Crippen LogP contribution in [0.5, 0.6) is 0 Å². The number of ketones is 1. The summed E-state index contributed by atoms with van der Waals surface area (Å²) in [5, 5.41) is 4.88. The quantitative estimate of drug-likeness (QED) is 0.563. The van der Waals surface area contributed by atoms with Crippen molar-refractivity contribution < 1.29 is 23.9 Å². The van der Waals surface area contributed by atoms with Crippen LogP contribution in [0.4, 0.5) is 10.8 Å². The van der Waals surface area contributed by atoms with Crippen molar-refractivity contribution in [1.82, 2.24) is 4.98 Å². The minimum atomic E-state index is -0.577. The van der Waals surface area contributed by atoms with Gasteiger partial charge in [0.2, 0.25) is 5.91 Å². The molecule has 9 heteroatoms. The maximum absolute atomic E-state index is 11.9. The first-order valence-corrected chi connectivity index (χ1v) is 9.61. The molecule has 1 aromatic heterocycles. The average Bonchev–Trinajstić information content (AvgIpc) is 3.29. The predicted octanol–water partition coefficient (Wildman–Crippen LogP) is 2.20. The number of thiazole rings is 1. The van der Waals surface area contributed by atoms with Gasteiger partial charge in [0.05, 0.1) is 12.1 Å². The second-order valence-electron chi connectivity index (χ2n) is 6.29. The second-order valence-corrected chi connectivity index (χ2v) is 7.13. The van der Waals surface area contributed by atoms with Gasteiger partial charge in [-0.1, -0.05) is 0 Å². The highest BCUT2D eigenvalue weighted by molar-refractivity contribution is 7.14. The van der Waals surface area contributed by atoms with E-state index in [0.29, 0.717) is 35.0 Å². The lowest BCUT2D eigenvalue weighted by atomic mass is 10.1. The van der Waals surface area contributed by atoms with E-state index in [2.05, 4.69) is 10.3 Å². The number of carbonyl (C=O) groups excluding carboxylic acids is 4. The molecule has 146 valence electrons. The molecular formula is C19H19N3O5S. The van der Waals surface area contributed by atoms with E-state index in [1.807, 2.05) is 0 Å². The molecule has 0 aliphatic carbocycles. The molecule has 0 radical (unpaired) electrons. The summed E-state index contributed by atoms with van der Waals surface area (Å²) in [6, 6.07) is 6.42. The summed E-state index contributed by atoms with van der Waals surface area (Å²) in [4.78, 5) is 52.7. The Kier molecular flexibility index (Phi) is 6.15. The normalized spacial score (nSPS) is 13.5. The molecule has 1 fully saturated rings. The maximum Gasteiger partial charge on any atom is 0.312 e. The van der Waals surface area contributed by atoms with Gasteiger partial charge in [0.25, 0.3) is 5.91 Å². The molecular weight excluding hydrogens is 382 g/mol. The Labute approximate surface area is 165 Å². The van der Waals surface area contributed by atoms with E-state index in [9.17, 15) is 19.2 Å². The summed E-state index contributed by atoms with van der Waals surface area (Å²) in [6.07, 6.45) is 1.26. The number of rotatable bonds is 7. The van der Waals surface area contributed by atoms with Crippen LogP contribution < -0.4 is 10.2 Å². The molecule has 2 amide bonds. The Morgan fingerprint density at radius 1 is 1.25 bits per heavy atom. The third-order valence-electron chi connectivity index (χ3n) is 4.11.